The first kappa shape index (κ1) is 27.0. The fourth-order valence-electron chi connectivity index (χ4n) is 5.82. The zero-order valence-electron chi connectivity index (χ0n) is 23.3. The van der Waals surface area contributed by atoms with Crippen molar-refractivity contribution in [1.82, 2.24) is 19.4 Å². The number of aromatic nitrogens is 3. The molecule has 9 heteroatoms. The van der Waals surface area contributed by atoms with Crippen molar-refractivity contribution in [2.24, 2.45) is 0 Å². The van der Waals surface area contributed by atoms with Crippen molar-refractivity contribution in [2.45, 2.75) is 17.4 Å². The van der Waals surface area contributed by atoms with E-state index in [9.17, 15) is 4.79 Å². The standard InChI is InChI=1S/C33H31ClN6OS/c1-38-14-16-39(17-15-38)25-12-10-24(11-13-25)36-33-35-20-23-19-28(27-7-3-4-8-29(27)34)32(41)40(31(23)37-33)26-18-22-6-2-5-9-30(22)42-21-26/h2-13,19-20,26H,14-18,21H2,1H3,(H,35,36,37). The summed E-state index contributed by atoms with van der Waals surface area (Å²) in [5.74, 6) is 1.23. The summed E-state index contributed by atoms with van der Waals surface area (Å²) in [4.78, 5) is 29.8. The van der Waals surface area contributed by atoms with Gasteiger partial charge in [0.15, 0.2) is 0 Å². The third-order valence-electron chi connectivity index (χ3n) is 8.15. The first-order valence-corrected chi connectivity index (χ1v) is 15.6. The molecule has 42 heavy (non-hydrogen) atoms. The van der Waals surface area contributed by atoms with Gasteiger partial charge in [-0.15, -0.1) is 11.8 Å². The van der Waals surface area contributed by atoms with Crippen molar-refractivity contribution in [1.29, 1.82) is 0 Å². The summed E-state index contributed by atoms with van der Waals surface area (Å²) in [6.07, 6.45) is 2.55. The number of thioether (sulfide) groups is 1. The molecule has 2 aliphatic heterocycles. The summed E-state index contributed by atoms with van der Waals surface area (Å²) in [6.45, 7) is 4.18. The van der Waals surface area contributed by atoms with Crippen LogP contribution in [-0.4, -0.2) is 58.4 Å². The maximum absolute atomic E-state index is 14.2. The van der Waals surface area contributed by atoms with Crippen molar-refractivity contribution in [3.63, 3.8) is 0 Å². The van der Waals surface area contributed by atoms with Crippen LogP contribution in [0.5, 0.6) is 0 Å². The zero-order valence-corrected chi connectivity index (χ0v) is 24.9. The molecular formula is C33H31ClN6OS. The largest absolute Gasteiger partial charge is 0.369 e. The fourth-order valence-corrected chi connectivity index (χ4v) is 7.21. The minimum atomic E-state index is -0.0956. The molecule has 1 fully saturated rings. The van der Waals surface area contributed by atoms with Gasteiger partial charge in [0.1, 0.15) is 5.65 Å². The Morgan fingerprint density at radius 2 is 1.69 bits per heavy atom. The average molecular weight is 595 g/mol. The Morgan fingerprint density at radius 1 is 0.929 bits per heavy atom. The summed E-state index contributed by atoms with van der Waals surface area (Å²) in [6, 6.07) is 26.1. The highest BCUT2D eigenvalue weighted by Gasteiger charge is 2.25. The number of hydrogen-bond acceptors (Lipinski definition) is 7. The van der Waals surface area contributed by atoms with Crippen LogP contribution in [0, 0.1) is 0 Å². The molecule has 0 radical (unpaired) electrons. The predicted molar refractivity (Wildman–Crippen MR) is 174 cm³/mol. The highest BCUT2D eigenvalue weighted by Crippen LogP contribution is 2.36. The molecule has 1 N–H and O–H groups in total. The van der Waals surface area contributed by atoms with E-state index in [-0.39, 0.29) is 11.6 Å². The summed E-state index contributed by atoms with van der Waals surface area (Å²) in [5.41, 5.74) is 5.15. The van der Waals surface area contributed by atoms with Gasteiger partial charge in [0.2, 0.25) is 5.95 Å². The van der Waals surface area contributed by atoms with Crippen LogP contribution in [0.25, 0.3) is 22.2 Å². The molecule has 0 bridgehead atoms. The maximum Gasteiger partial charge on any atom is 0.260 e. The van der Waals surface area contributed by atoms with E-state index in [2.05, 4.69) is 75.7 Å². The van der Waals surface area contributed by atoms with Crippen molar-refractivity contribution >= 4 is 51.7 Å². The van der Waals surface area contributed by atoms with Crippen LogP contribution in [-0.2, 0) is 6.42 Å². The van der Waals surface area contributed by atoms with Crippen molar-refractivity contribution in [2.75, 3.05) is 49.2 Å². The smallest absolute Gasteiger partial charge is 0.260 e. The van der Waals surface area contributed by atoms with E-state index in [1.54, 1.807) is 18.0 Å². The molecule has 212 valence electrons. The van der Waals surface area contributed by atoms with E-state index in [1.807, 2.05) is 34.9 Å². The van der Waals surface area contributed by atoms with Gasteiger partial charge in [-0.05, 0) is 61.5 Å². The molecule has 3 aromatic carbocycles. The lowest BCUT2D eigenvalue weighted by Crippen LogP contribution is -2.44. The molecule has 2 aromatic heterocycles. The van der Waals surface area contributed by atoms with E-state index < -0.39 is 0 Å². The number of nitrogens with zero attached hydrogens (tertiary/aromatic N) is 5. The SMILES string of the molecule is CN1CCN(c2ccc(Nc3ncc4cc(-c5ccccc5Cl)c(=O)n(C5CSc6ccccc6C5)c4n3)cc2)CC1. The summed E-state index contributed by atoms with van der Waals surface area (Å²) >= 11 is 8.35. The molecule has 4 heterocycles. The maximum atomic E-state index is 14.2. The molecule has 0 amide bonds. The fraction of sp³-hybridized carbons (Fsp3) is 0.242. The van der Waals surface area contributed by atoms with Crippen molar-refractivity contribution in [3.05, 3.63) is 106 Å². The number of likely N-dealkylation sites (N-methyl/N-ethyl adjacent to an activating group) is 1. The number of nitrogens with one attached hydrogen (secondary N) is 1. The first-order valence-electron chi connectivity index (χ1n) is 14.2. The predicted octanol–water partition coefficient (Wildman–Crippen LogP) is 6.50. The highest BCUT2D eigenvalue weighted by atomic mass is 35.5. The molecule has 7 rings (SSSR count). The molecule has 7 nitrogen and oxygen atoms in total. The number of fused-ring (bicyclic) bond motifs is 2. The Kier molecular flexibility index (Phi) is 7.36. The van der Waals surface area contributed by atoms with Gasteiger partial charge in [0.05, 0.1) is 6.04 Å². The minimum Gasteiger partial charge on any atom is -0.369 e. The number of pyridine rings is 1. The van der Waals surface area contributed by atoms with E-state index in [1.165, 1.54) is 16.1 Å². The van der Waals surface area contributed by atoms with Gasteiger partial charge in [-0.3, -0.25) is 9.36 Å². The van der Waals surface area contributed by atoms with Gasteiger partial charge in [-0.25, -0.2) is 4.98 Å². The van der Waals surface area contributed by atoms with Crippen molar-refractivity contribution in [3.8, 4) is 11.1 Å². The molecule has 1 saturated heterocycles. The Morgan fingerprint density at radius 3 is 2.50 bits per heavy atom. The quantitative estimate of drug-likeness (QED) is 0.249. The van der Waals surface area contributed by atoms with Gasteiger partial charge >= 0.3 is 0 Å². The number of anilines is 3. The topological polar surface area (TPSA) is 66.3 Å². The minimum absolute atomic E-state index is 0.0621. The third-order valence-corrected chi connectivity index (χ3v) is 9.74. The van der Waals surface area contributed by atoms with Gasteiger partial charge in [0, 0.05) is 75.9 Å². The van der Waals surface area contributed by atoms with Gasteiger partial charge in [-0.2, -0.15) is 4.98 Å². The molecule has 0 saturated carbocycles. The van der Waals surface area contributed by atoms with Crippen LogP contribution in [0.15, 0.2) is 94.7 Å². The van der Waals surface area contributed by atoms with E-state index in [0.29, 0.717) is 27.7 Å². The lowest BCUT2D eigenvalue weighted by Gasteiger charge is -2.34. The molecule has 1 unspecified atom stereocenters. The zero-order chi connectivity index (χ0) is 28.6. The third kappa shape index (κ3) is 5.26. The second-order valence-corrected chi connectivity index (χ2v) is 12.4. The number of rotatable bonds is 5. The van der Waals surface area contributed by atoms with E-state index >= 15 is 0 Å². The number of hydrogen-bond donors (Lipinski definition) is 1. The van der Waals surface area contributed by atoms with Crippen molar-refractivity contribution < 1.29 is 0 Å². The Balaban J connectivity index is 1.26. The molecule has 5 aromatic rings. The number of piperazine rings is 1. The summed E-state index contributed by atoms with van der Waals surface area (Å²) in [7, 11) is 2.16. The van der Waals surface area contributed by atoms with E-state index in [0.717, 1.165) is 49.4 Å². The molecular weight excluding hydrogens is 564 g/mol. The summed E-state index contributed by atoms with van der Waals surface area (Å²) < 4.78 is 1.86. The van der Waals surface area contributed by atoms with Gasteiger partial charge in [-0.1, -0.05) is 48.0 Å². The lowest BCUT2D eigenvalue weighted by molar-refractivity contribution is 0.313. The van der Waals surface area contributed by atoms with Crippen LogP contribution >= 0.6 is 23.4 Å². The number of benzene rings is 3. The monoisotopic (exact) mass is 594 g/mol. The van der Waals surface area contributed by atoms with Crippen LogP contribution < -0.4 is 15.8 Å². The van der Waals surface area contributed by atoms with Gasteiger partial charge < -0.3 is 15.1 Å². The van der Waals surface area contributed by atoms with Crippen LogP contribution in [0.4, 0.5) is 17.3 Å². The van der Waals surface area contributed by atoms with Crippen LogP contribution in [0.1, 0.15) is 11.6 Å². The Labute approximate surface area is 254 Å². The second kappa shape index (κ2) is 11.4. The average Bonchev–Trinajstić information content (AvgIpc) is 3.02. The first-order chi connectivity index (χ1) is 20.5. The number of halogens is 1. The second-order valence-electron chi connectivity index (χ2n) is 10.9. The van der Waals surface area contributed by atoms with E-state index in [4.69, 9.17) is 16.6 Å². The molecule has 0 aliphatic carbocycles. The lowest BCUT2D eigenvalue weighted by atomic mass is 10.0. The summed E-state index contributed by atoms with van der Waals surface area (Å²) in [5, 5.41) is 4.70. The van der Waals surface area contributed by atoms with Gasteiger partial charge in [0.25, 0.3) is 5.56 Å². The molecule has 0 spiro atoms. The molecule has 1 atom stereocenters. The van der Waals surface area contributed by atoms with Crippen LogP contribution in [0.3, 0.4) is 0 Å². The molecule has 2 aliphatic rings. The Bertz CT molecular complexity index is 1820. The van der Waals surface area contributed by atoms with Crippen LogP contribution in [0.2, 0.25) is 5.02 Å². The highest BCUT2D eigenvalue weighted by molar-refractivity contribution is 7.99. The Hall–Kier alpha value is -3.85. The normalized spacial score (nSPS) is 17.3.